The monoisotopic (exact) mass is 320 g/mol. The van der Waals surface area contributed by atoms with Crippen molar-refractivity contribution in [1.29, 1.82) is 0 Å². The van der Waals surface area contributed by atoms with Crippen LogP contribution in [0.2, 0.25) is 0 Å². The molecule has 8 nitrogen and oxygen atoms in total. The van der Waals surface area contributed by atoms with Crippen molar-refractivity contribution in [1.82, 2.24) is 5.32 Å². The molecule has 1 atom stereocenters. The van der Waals surface area contributed by atoms with Crippen molar-refractivity contribution in [2.75, 3.05) is 31.2 Å². The largest absolute Gasteiger partial charge is 0.486 e. The lowest BCUT2D eigenvalue weighted by Crippen LogP contribution is -2.39. The molecule has 0 saturated carbocycles. The molecule has 1 aromatic carbocycles. The molecule has 0 unspecified atom stereocenters. The Labute approximate surface area is 132 Å². The number of benzene rings is 1. The lowest BCUT2D eigenvalue weighted by molar-refractivity contribution is -0.140. The van der Waals surface area contributed by atoms with E-state index in [0.717, 1.165) is 0 Å². The Morgan fingerprint density at radius 3 is 2.74 bits per heavy atom. The van der Waals surface area contributed by atoms with Crippen molar-refractivity contribution in [3.8, 4) is 11.5 Å². The summed E-state index contributed by atoms with van der Waals surface area (Å²) in [5, 5.41) is 10.8. The van der Waals surface area contributed by atoms with Crippen LogP contribution in [0.4, 0.5) is 5.69 Å². The second-order valence-electron chi connectivity index (χ2n) is 5.27. The Bertz CT molecular complexity index is 659. The highest BCUT2D eigenvalue weighted by atomic mass is 16.6. The van der Waals surface area contributed by atoms with Gasteiger partial charge >= 0.3 is 5.97 Å². The van der Waals surface area contributed by atoms with Crippen molar-refractivity contribution in [2.24, 2.45) is 5.92 Å². The van der Waals surface area contributed by atoms with Gasteiger partial charge in [-0.05, 0) is 18.6 Å². The van der Waals surface area contributed by atoms with Gasteiger partial charge in [-0.15, -0.1) is 0 Å². The fraction of sp³-hybridized carbons (Fsp3) is 0.400. The SMILES string of the molecule is O=C(O)CNC(=O)[C@@H]1CCN(c2ccc3c(c2)OCCO3)C1=O. The molecule has 8 heteroatoms. The number of carbonyl (C=O) groups excluding carboxylic acids is 2. The van der Waals surface area contributed by atoms with Crippen LogP contribution >= 0.6 is 0 Å². The molecule has 3 rings (SSSR count). The number of anilines is 1. The number of aliphatic carboxylic acids is 1. The minimum Gasteiger partial charge on any atom is -0.486 e. The number of amides is 2. The highest BCUT2D eigenvalue weighted by Crippen LogP contribution is 2.35. The fourth-order valence-corrected chi connectivity index (χ4v) is 2.67. The number of carboxylic acids is 1. The zero-order valence-corrected chi connectivity index (χ0v) is 12.3. The van der Waals surface area contributed by atoms with Crippen molar-refractivity contribution in [2.45, 2.75) is 6.42 Å². The normalized spacial score (nSPS) is 19.6. The molecule has 23 heavy (non-hydrogen) atoms. The molecule has 0 aliphatic carbocycles. The van der Waals surface area contributed by atoms with Crippen LogP contribution < -0.4 is 19.7 Å². The first-order valence-electron chi connectivity index (χ1n) is 7.27. The summed E-state index contributed by atoms with van der Waals surface area (Å²) < 4.78 is 10.9. The average molecular weight is 320 g/mol. The van der Waals surface area contributed by atoms with Gasteiger partial charge in [0, 0.05) is 18.3 Å². The third-order valence-electron chi connectivity index (χ3n) is 3.77. The number of nitrogens with zero attached hydrogens (tertiary/aromatic N) is 1. The highest BCUT2D eigenvalue weighted by Gasteiger charge is 2.38. The summed E-state index contributed by atoms with van der Waals surface area (Å²) in [5.41, 5.74) is 0.632. The lowest BCUT2D eigenvalue weighted by Gasteiger charge is -2.22. The Balaban J connectivity index is 1.71. The van der Waals surface area contributed by atoms with E-state index in [1.54, 1.807) is 18.2 Å². The quantitative estimate of drug-likeness (QED) is 0.757. The molecule has 1 fully saturated rings. The minimum absolute atomic E-state index is 0.343. The maximum absolute atomic E-state index is 12.4. The van der Waals surface area contributed by atoms with Crippen molar-refractivity contribution < 1.29 is 29.0 Å². The molecule has 2 heterocycles. The number of hydrogen-bond donors (Lipinski definition) is 2. The van der Waals surface area contributed by atoms with Crippen molar-refractivity contribution in [3.63, 3.8) is 0 Å². The van der Waals surface area contributed by atoms with E-state index >= 15 is 0 Å². The van der Waals surface area contributed by atoms with Crippen LogP contribution in [0.15, 0.2) is 18.2 Å². The standard InChI is InChI=1S/C15H16N2O6/c18-13(19)8-16-14(20)10-3-4-17(15(10)21)9-1-2-11-12(7-9)23-6-5-22-11/h1-2,7,10H,3-6,8H2,(H,16,20)(H,18,19)/t10-/m0/s1. The Hall–Kier alpha value is -2.77. The maximum Gasteiger partial charge on any atom is 0.322 e. The van der Waals surface area contributed by atoms with Crippen LogP contribution in [0.1, 0.15) is 6.42 Å². The smallest absolute Gasteiger partial charge is 0.322 e. The molecule has 1 aromatic rings. The van der Waals surface area contributed by atoms with Crippen LogP contribution in [-0.2, 0) is 14.4 Å². The number of rotatable bonds is 4. The number of fused-ring (bicyclic) bond motifs is 1. The summed E-state index contributed by atoms with van der Waals surface area (Å²) in [4.78, 5) is 36.3. The zero-order chi connectivity index (χ0) is 16.4. The third-order valence-corrected chi connectivity index (χ3v) is 3.77. The molecule has 1 saturated heterocycles. The van der Waals surface area contributed by atoms with Crippen LogP contribution in [0.5, 0.6) is 11.5 Å². The Morgan fingerprint density at radius 2 is 2.00 bits per heavy atom. The molecule has 0 bridgehead atoms. The second-order valence-corrected chi connectivity index (χ2v) is 5.27. The minimum atomic E-state index is -1.15. The van der Waals surface area contributed by atoms with Gasteiger partial charge in [-0.2, -0.15) is 0 Å². The molecule has 0 spiro atoms. The first-order chi connectivity index (χ1) is 11.1. The summed E-state index contributed by atoms with van der Waals surface area (Å²) in [6.45, 7) is 0.835. The molecule has 2 aliphatic rings. The van der Waals surface area contributed by atoms with Gasteiger partial charge in [0.25, 0.3) is 0 Å². The predicted octanol–water partition coefficient (Wildman–Crippen LogP) is 0.0115. The summed E-state index contributed by atoms with van der Waals surface area (Å²) in [7, 11) is 0. The van der Waals surface area contributed by atoms with E-state index in [0.29, 0.717) is 43.4 Å². The number of nitrogens with one attached hydrogen (secondary N) is 1. The summed E-state index contributed by atoms with van der Waals surface area (Å²) in [5.74, 6) is -1.71. The topological polar surface area (TPSA) is 105 Å². The van der Waals surface area contributed by atoms with Gasteiger partial charge in [0.05, 0.1) is 0 Å². The third kappa shape index (κ3) is 3.05. The molecule has 0 aromatic heterocycles. The lowest BCUT2D eigenvalue weighted by atomic mass is 10.1. The number of carboxylic acid groups (broad SMARTS) is 1. The van der Waals surface area contributed by atoms with Crippen molar-refractivity contribution >= 4 is 23.5 Å². The van der Waals surface area contributed by atoms with E-state index in [9.17, 15) is 14.4 Å². The van der Waals surface area contributed by atoms with Gasteiger partial charge in [0.15, 0.2) is 11.5 Å². The van der Waals surface area contributed by atoms with Crippen molar-refractivity contribution in [3.05, 3.63) is 18.2 Å². The van der Waals surface area contributed by atoms with E-state index < -0.39 is 24.3 Å². The van der Waals surface area contributed by atoms with E-state index in [-0.39, 0.29) is 5.91 Å². The van der Waals surface area contributed by atoms with E-state index in [2.05, 4.69) is 5.32 Å². The van der Waals surface area contributed by atoms with Gasteiger partial charge in [-0.25, -0.2) is 0 Å². The summed E-state index contributed by atoms with van der Waals surface area (Å²) in [6, 6.07) is 5.18. The number of hydrogen-bond acceptors (Lipinski definition) is 5. The van der Waals surface area contributed by atoms with E-state index in [1.807, 2.05) is 0 Å². The van der Waals surface area contributed by atoms with Gasteiger partial charge in [0.2, 0.25) is 11.8 Å². The van der Waals surface area contributed by atoms with Gasteiger partial charge in [-0.1, -0.05) is 0 Å². The number of ether oxygens (including phenoxy) is 2. The fourth-order valence-electron chi connectivity index (χ4n) is 2.67. The molecule has 0 radical (unpaired) electrons. The van der Waals surface area contributed by atoms with Crippen LogP contribution in [0.25, 0.3) is 0 Å². The second kappa shape index (κ2) is 6.15. The molecule has 2 aliphatic heterocycles. The van der Waals surface area contributed by atoms with Gasteiger partial charge < -0.3 is 24.8 Å². The zero-order valence-electron chi connectivity index (χ0n) is 12.3. The average Bonchev–Trinajstić information content (AvgIpc) is 2.93. The summed E-state index contributed by atoms with van der Waals surface area (Å²) in [6.07, 6.45) is 0.346. The predicted molar refractivity (Wildman–Crippen MR) is 78.5 cm³/mol. The van der Waals surface area contributed by atoms with Crippen LogP contribution in [-0.4, -0.2) is 49.2 Å². The molecule has 2 N–H and O–H groups in total. The van der Waals surface area contributed by atoms with Crippen LogP contribution in [0, 0.1) is 5.92 Å². The number of carbonyl (C=O) groups is 3. The molecular weight excluding hydrogens is 304 g/mol. The Kier molecular flexibility index (Phi) is 4.05. The maximum atomic E-state index is 12.4. The molecule has 2 amide bonds. The van der Waals surface area contributed by atoms with Gasteiger partial charge in [0.1, 0.15) is 25.7 Å². The summed E-state index contributed by atoms with van der Waals surface area (Å²) >= 11 is 0. The first kappa shape index (κ1) is 15.1. The molecule has 122 valence electrons. The molecular formula is C15H16N2O6. The van der Waals surface area contributed by atoms with E-state index in [1.165, 1.54) is 4.90 Å². The van der Waals surface area contributed by atoms with E-state index in [4.69, 9.17) is 14.6 Å². The highest BCUT2D eigenvalue weighted by molar-refractivity contribution is 6.10. The van der Waals surface area contributed by atoms with Crippen LogP contribution in [0.3, 0.4) is 0 Å². The first-order valence-corrected chi connectivity index (χ1v) is 7.27. The Morgan fingerprint density at radius 1 is 1.26 bits per heavy atom. The van der Waals surface area contributed by atoms with Gasteiger partial charge in [-0.3, -0.25) is 14.4 Å².